The van der Waals surface area contributed by atoms with Crippen LogP contribution in [0, 0.1) is 0 Å². The number of tetrazole rings is 1. The molecule has 2 N–H and O–H groups in total. The van der Waals surface area contributed by atoms with Crippen molar-refractivity contribution in [2.75, 3.05) is 0 Å². The van der Waals surface area contributed by atoms with Crippen molar-refractivity contribution in [3.8, 4) is 39.1 Å². The summed E-state index contributed by atoms with van der Waals surface area (Å²) in [6.45, 7) is 0. The van der Waals surface area contributed by atoms with E-state index < -0.39 is 5.97 Å². The third-order valence-corrected chi connectivity index (χ3v) is 9.05. The van der Waals surface area contributed by atoms with Crippen molar-refractivity contribution in [1.82, 2.24) is 30.3 Å². The van der Waals surface area contributed by atoms with E-state index in [4.69, 9.17) is 10.1 Å². The van der Waals surface area contributed by atoms with Gasteiger partial charge in [0.05, 0.1) is 23.5 Å². The van der Waals surface area contributed by atoms with Crippen LogP contribution in [0.2, 0.25) is 0 Å². The van der Waals surface area contributed by atoms with Crippen LogP contribution in [0.4, 0.5) is 0 Å². The molecule has 3 aromatic heterocycles. The van der Waals surface area contributed by atoms with Gasteiger partial charge in [0.2, 0.25) is 0 Å². The van der Waals surface area contributed by atoms with Gasteiger partial charge in [-0.3, -0.25) is 9.67 Å². The number of rotatable bonds is 10. The minimum atomic E-state index is -0.951. The van der Waals surface area contributed by atoms with E-state index in [-0.39, 0.29) is 11.6 Å². The Balaban J connectivity index is 1.24. The molecular weight excluding hydrogens is 701 g/mol. The van der Waals surface area contributed by atoms with Gasteiger partial charge in [-0.15, -0.1) is 4.68 Å². The van der Waals surface area contributed by atoms with Crippen molar-refractivity contribution < 1.29 is 14.6 Å². The van der Waals surface area contributed by atoms with Gasteiger partial charge in [0, 0.05) is 39.9 Å². The number of halogens is 1. The molecule has 1 atom stereocenters. The summed E-state index contributed by atoms with van der Waals surface area (Å²) in [4.78, 5) is 16.4. The number of nitrogens with one attached hydrogen (secondary N) is 1. The number of H-pyrrole nitrogens is 1. The van der Waals surface area contributed by atoms with Gasteiger partial charge in [0.25, 0.3) is 6.33 Å². The highest BCUT2D eigenvalue weighted by molar-refractivity contribution is 14.1. The first-order chi connectivity index (χ1) is 23.1. The first kappa shape index (κ1) is 30.2. The lowest BCUT2D eigenvalue weighted by Crippen LogP contribution is -2.32. The minimum Gasteiger partial charge on any atom is -0.478 e. The molecule has 10 heteroatoms. The molecule has 7 aromatic rings. The van der Waals surface area contributed by atoms with Crippen LogP contribution in [0.15, 0.2) is 134 Å². The SMILES string of the molecule is O=C(O)c1ccc(-c2cnn(C(Cc3ccc(-c4ccccc4)cc3)c3ccc(-c4cc(CI)ccc4-[n+]4cnn[nH]4)cn3)c2)cc1. The molecule has 0 spiro atoms. The molecule has 0 aliphatic rings. The highest BCUT2D eigenvalue weighted by atomic mass is 127. The number of nitrogens with zero attached hydrogens (tertiary/aromatic N) is 6. The quantitative estimate of drug-likeness (QED) is 0.0880. The maximum Gasteiger partial charge on any atom is 0.335 e. The van der Waals surface area contributed by atoms with Crippen molar-refractivity contribution in [3.63, 3.8) is 0 Å². The Morgan fingerprint density at radius 3 is 2.19 bits per heavy atom. The summed E-state index contributed by atoms with van der Waals surface area (Å²) in [5, 5.41) is 24.8. The van der Waals surface area contributed by atoms with Crippen LogP contribution < -0.4 is 4.68 Å². The standard InChI is InChI=1S/C37H28IN7O2/c38-20-26-8-17-35(45-24-40-42-43-45)33(18-26)31-15-16-34(39-21-31)36(19-25-6-9-28(10-7-25)27-4-2-1-3-5-27)44-23-32(22-41-44)29-11-13-30(14-12-29)37(46)47/h1-18,21-24,36H,19-20H2,(H,46,47)/p+1. The fourth-order valence-electron chi connectivity index (χ4n) is 5.65. The maximum atomic E-state index is 11.4. The summed E-state index contributed by atoms with van der Waals surface area (Å²) in [5.41, 5.74) is 10.5. The molecule has 0 aliphatic carbocycles. The van der Waals surface area contributed by atoms with Crippen molar-refractivity contribution in [2.24, 2.45) is 0 Å². The number of hydrogen-bond donors (Lipinski definition) is 2. The van der Waals surface area contributed by atoms with Gasteiger partial charge in [-0.1, -0.05) is 107 Å². The minimum absolute atomic E-state index is 0.190. The Morgan fingerprint density at radius 2 is 1.51 bits per heavy atom. The summed E-state index contributed by atoms with van der Waals surface area (Å²) >= 11 is 2.37. The van der Waals surface area contributed by atoms with E-state index in [0.29, 0.717) is 6.42 Å². The van der Waals surface area contributed by atoms with Gasteiger partial charge >= 0.3 is 5.97 Å². The fraction of sp³-hybridized carbons (Fsp3) is 0.0811. The molecule has 0 fully saturated rings. The second-order valence-corrected chi connectivity index (χ2v) is 11.9. The van der Waals surface area contributed by atoms with Gasteiger partial charge in [0.15, 0.2) is 5.21 Å². The largest absolute Gasteiger partial charge is 0.478 e. The monoisotopic (exact) mass is 730 g/mol. The molecule has 230 valence electrons. The molecule has 3 heterocycles. The van der Waals surface area contributed by atoms with E-state index in [0.717, 1.165) is 49.2 Å². The molecule has 0 radical (unpaired) electrons. The van der Waals surface area contributed by atoms with Crippen LogP contribution in [0.25, 0.3) is 39.1 Å². The number of carboxylic acid groups (broad SMARTS) is 1. The highest BCUT2D eigenvalue weighted by Crippen LogP contribution is 2.30. The number of carboxylic acids is 1. The molecule has 4 aromatic carbocycles. The number of aromatic carboxylic acids is 1. The second-order valence-electron chi connectivity index (χ2n) is 11.1. The molecular formula is C37H29IN7O2+. The van der Waals surface area contributed by atoms with Crippen LogP contribution in [0.5, 0.6) is 0 Å². The van der Waals surface area contributed by atoms with Gasteiger partial charge in [-0.25, -0.2) is 4.79 Å². The summed E-state index contributed by atoms with van der Waals surface area (Å²) in [5.74, 6) is -0.951. The number of pyridine rings is 1. The Hall–Kier alpha value is -5.49. The van der Waals surface area contributed by atoms with Crippen molar-refractivity contribution in [1.29, 1.82) is 0 Å². The van der Waals surface area contributed by atoms with E-state index >= 15 is 0 Å². The molecule has 1 unspecified atom stereocenters. The number of alkyl halides is 1. The number of hydrogen-bond acceptors (Lipinski definition) is 5. The van der Waals surface area contributed by atoms with E-state index in [2.05, 4.69) is 105 Å². The Morgan fingerprint density at radius 1 is 0.809 bits per heavy atom. The molecule has 7 rings (SSSR count). The molecule has 47 heavy (non-hydrogen) atoms. The molecule has 0 saturated carbocycles. The van der Waals surface area contributed by atoms with Crippen molar-refractivity contribution in [3.05, 3.63) is 156 Å². The summed E-state index contributed by atoms with van der Waals surface area (Å²) in [6.07, 6.45) is 8.04. The second kappa shape index (κ2) is 13.5. The zero-order chi connectivity index (χ0) is 32.2. The van der Waals surface area contributed by atoms with Crippen LogP contribution in [0.1, 0.15) is 33.2 Å². The molecule has 9 nitrogen and oxygen atoms in total. The lowest BCUT2D eigenvalue weighted by atomic mass is 9.98. The predicted octanol–water partition coefficient (Wildman–Crippen LogP) is 7.14. The van der Waals surface area contributed by atoms with Crippen molar-refractivity contribution in [2.45, 2.75) is 16.9 Å². The Labute approximate surface area is 284 Å². The van der Waals surface area contributed by atoms with Crippen LogP contribution in [-0.4, -0.2) is 41.4 Å². The first-order valence-electron chi connectivity index (χ1n) is 15.0. The van der Waals surface area contributed by atoms with E-state index in [9.17, 15) is 9.90 Å². The fourth-order valence-corrected chi connectivity index (χ4v) is 6.12. The number of aromatic amines is 1. The Kier molecular flexibility index (Phi) is 8.65. The van der Waals surface area contributed by atoms with Crippen LogP contribution in [-0.2, 0) is 10.8 Å². The Bertz CT molecular complexity index is 2110. The third-order valence-electron chi connectivity index (χ3n) is 8.17. The first-order valence-corrected chi connectivity index (χ1v) is 16.5. The van der Waals surface area contributed by atoms with Crippen LogP contribution in [0.3, 0.4) is 0 Å². The lowest BCUT2D eigenvalue weighted by Gasteiger charge is -2.18. The predicted molar refractivity (Wildman–Crippen MR) is 187 cm³/mol. The van der Waals surface area contributed by atoms with Gasteiger partial charge in [0.1, 0.15) is 10.8 Å². The number of aromatic nitrogens is 7. The normalized spacial score (nSPS) is 11.8. The third kappa shape index (κ3) is 6.59. The summed E-state index contributed by atoms with van der Waals surface area (Å²) in [6, 6.07) is 36.1. The average molecular weight is 731 g/mol. The molecule has 0 aliphatic heterocycles. The number of carbonyl (C=O) groups is 1. The molecule has 0 amide bonds. The van der Waals surface area contributed by atoms with E-state index in [1.54, 1.807) is 23.1 Å². The smallest absolute Gasteiger partial charge is 0.335 e. The van der Waals surface area contributed by atoms with Gasteiger partial charge in [-0.2, -0.15) is 5.10 Å². The van der Waals surface area contributed by atoms with Crippen LogP contribution >= 0.6 is 22.6 Å². The highest BCUT2D eigenvalue weighted by Gasteiger charge is 2.20. The molecule has 0 saturated heterocycles. The topological polar surface area (TPSA) is 113 Å². The average Bonchev–Trinajstić information content (AvgIpc) is 3.85. The van der Waals surface area contributed by atoms with E-state index in [1.807, 2.05) is 53.6 Å². The van der Waals surface area contributed by atoms with Gasteiger partial charge < -0.3 is 5.11 Å². The molecule has 0 bridgehead atoms. The zero-order valence-electron chi connectivity index (χ0n) is 25.1. The van der Waals surface area contributed by atoms with E-state index in [1.165, 1.54) is 11.1 Å². The summed E-state index contributed by atoms with van der Waals surface area (Å²) in [7, 11) is 0. The summed E-state index contributed by atoms with van der Waals surface area (Å²) < 4.78 is 4.62. The maximum absolute atomic E-state index is 11.4. The van der Waals surface area contributed by atoms with Gasteiger partial charge in [-0.05, 0) is 58.1 Å². The zero-order valence-corrected chi connectivity index (χ0v) is 27.3. The number of benzene rings is 4. The van der Waals surface area contributed by atoms with Crippen molar-refractivity contribution >= 4 is 28.6 Å². The lowest BCUT2D eigenvalue weighted by molar-refractivity contribution is -0.659.